The molecule has 6 aromatic carbocycles. The van der Waals surface area contributed by atoms with E-state index in [0.29, 0.717) is 0 Å². The number of fused-ring (bicyclic) bond motifs is 6. The first kappa shape index (κ1) is 24.0. The minimum atomic E-state index is 0.0587. The predicted octanol–water partition coefficient (Wildman–Crippen LogP) is 10.3. The summed E-state index contributed by atoms with van der Waals surface area (Å²) in [5.74, 6) is 0. The van der Waals surface area contributed by atoms with Crippen molar-refractivity contribution in [3.05, 3.63) is 162 Å². The summed E-state index contributed by atoms with van der Waals surface area (Å²) in [5.41, 5.74) is 14.5. The molecule has 0 fully saturated rings. The SMILES string of the molecule is CC1(C)c2ccccc2-c2cc(Cc3ccc(-c4ccc(-n5c6ccccc6c6ccccc65)cc4)cc3)ccc21. The Morgan fingerprint density at radius 2 is 1.02 bits per heavy atom. The number of hydrogen-bond donors (Lipinski definition) is 0. The zero-order valence-corrected chi connectivity index (χ0v) is 23.4. The van der Waals surface area contributed by atoms with Crippen LogP contribution in [0.2, 0.25) is 0 Å². The first-order valence-corrected chi connectivity index (χ1v) is 14.5. The highest BCUT2D eigenvalue weighted by atomic mass is 15.0. The molecule has 0 aliphatic heterocycles. The van der Waals surface area contributed by atoms with Gasteiger partial charge in [-0.25, -0.2) is 0 Å². The van der Waals surface area contributed by atoms with E-state index in [-0.39, 0.29) is 5.41 Å². The molecule has 1 aliphatic carbocycles. The third kappa shape index (κ3) is 3.77. The Labute approximate surface area is 241 Å². The maximum atomic E-state index is 2.41. The monoisotopic (exact) mass is 525 g/mol. The van der Waals surface area contributed by atoms with Gasteiger partial charge in [0.2, 0.25) is 0 Å². The fourth-order valence-electron chi connectivity index (χ4n) is 6.93. The van der Waals surface area contributed by atoms with Crippen LogP contribution in [0.15, 0.2) is 140 Å². The molecule has 1 aliphatic rings. The summed E-state index contributed by atoms with van der Waals surface area (Å²) in [6.07, 6.45) is 0.933. The van der Waals surface area contributed by atoms with Crippen LogP contribution in [-0.2, 0) is 11.8 Å². The van der Waals surface area contributed by atoms with Crippen molar-refractivity contribution in [1.29, 1.82) is 0 Å². The van der Waals surface area contributed by atoms with Crippen molar-refractivity contribution in [3.63, 3.8) is 0 Å². The summed E-state index contributed by atoms with van der Waals surface area (Å²) in [6, 6.07) is 51.3. The molecule has 0 atom stereocenters. The molecule has 1 aromatic heterocycles. The molecule has 1 heteroatoms. The lowest BCUT2D eigenvalue weighted by Gasteiger charge is -2.21. The van der Waals surface area contributed by atoms with E-state index in [4.69, 9.17) is 0 Å². The van der Waals surface area contributed by atoms with E-state index in [9.17, 15) is 0 Å². The Hall–Kier alpha value is -4.88. The van der Waals surface area contributed by atoms with Crippen LogP contribution < -0.4 is 0 Å². The van der Waals surface area contributed by atoms with Gasteiger partial charge in [0.15, 0.2) is 0 Å². The topological polar surface area (TPSA) is 4.93 Å². The Morgan fingerprint density at radius 3 is 1.71 bits per heavy atom. The number of aromatic nitrogens is 1. The summed E-state index contributed by atoms with van der Waals surface area (Å²) >= 11 is 0. The molecule has 1 heterocycles. The van der Waals surface area contributed by atoms with Gasteiger partial charge in [0, 0.05) is 21.9 Å². The molecule has 0 amide bonds. The molecule has 1 nitrogen and oxygen atoms in total. The number of nitrogens with zero attached hydrogens (tertiary/aromatic N) is 1. The lowest BCUT2D eigenvalue weighted by atomic mass is 9.82. The van der Waals surface area contributed by atoms with Crippen LogP contribution >= 0.6 is 0 Å². The highest BCUT2D eigenvalue weighted by molar-refractivity contribution is 6.09. The smallest absolute Gasteiger partial charge is 0.0541 e. The van der Waals surface area contributed by atoms with Crippen molar-refractivity contribution in [3.8, 4) is 27.9 Å². The van der Waals surface area contributed by atoms with Gasteiger partial charge in [-0.1, -0.05) is 129 Å². The van der Waals surface area contributed by atoms with Crippen LogP contribution in [-0.4, -0.2) is 4.57 Å². The maximum absolute atomic E-state index is 2.41. The molecule has 0 N–H and O–H groups in total. The van der Waals surface area contributed by atoms with Gasteiger partial charge in [0.25, 0.3) is 0 Å². The van der Waals surface area contributed by atoms with Crippen molar-refractivity contribution in [2.45, 2.75) is 25.7 Å². The van der Waals surface area contributed by atoms with Gasteiger partial charge >= 0.3 is 0 Å². The average Bonchev–Trinajstić information content (AvgIpc) is 3.47. The quantitative estimate of drug-likeness (QED) is 0.215. The molecule has 0 radical (unpaired) electrons. The van der Waals surface area contributed by atoms with E-state index in [0.717, 1.165) is 6.42 Å². The molecule has 0 spiro atoms. The Kier molecular flexibility index (Phi) is 5.30. The number of para-hydroxylation sites is 2. The van der Waals surface area contributed by atoms with Crippen LogP contribution in [0.3, 0.4) is 0 Å². The van der Waals surface area contributed by atoms with Gasteiger partial charge in [-0.05, 0) is 75.2 Å². The molecule has 0 saturated carbocycles. The van der Waals surface area contributed by atoms with Crippen LogP contribution in [0.1, 0.15) is 36.1 Å². The molecule has 196 valence electrons. The lowest BCUT2D eigenvalue weighted by Crippen LogP contribution is -2.14. The molecule has 7 aromatic rings. The molecule has 41 heavy (non-hydrogen) atoms. The van der Waals surface area contributed by atoms with Crippen LogP contribution in [0, 0.1) is 0 Å². The van der Waals surface area contributed by atoms with E-state index < -0.39 is 0 Å². The minimum Gasteiger partial charge on any atom is -0.309 e. The lowest BCUT2D eigenvalue weighted by molar-refractivity contribution is 0.660. The Morgan fingerprint density at radius 1 is 0.488 bits per heavy atom. The van der Waals surface area contributed by atoms with Crippen LogP contribution in [0.5, 0.6) is 0 Å². The zero-order chi connectivity index (χ0) is 27.6. The van der Waals surface area contributed by atoms with Gasteiger partial charge in [0.1, 0.15) is 0 Å². The highest BCUT2D eigenvalue weighted by Crippen LogP contribution is 2.48. The van der Waals surface area contributed by atoms with Crippen molar-refractivity contribution in [2.24, 2.45) is 0 Å². The number of rotatable bonds is 4. The van der Waals surface area contributed by atoms with Gasteiger partial charge in [0.05, 0.1) is 11.0 Å². The fraction of sp³-hybridized carbons (Fsp3) is 0.100. The Balaban J connectivity index is 1.07. The summed E-state index contributed by atoms with van der Waals surface area (Å²) < 4.78 is 2.37. The third-order valence-electron chi connectivity index (χ3n) is 9.05. The largest absolute Gasteiger partial charge is 0.309 e. The predicted molar refractivity (Wildman–Crippen MR) is 173 cm³/mol. The summed E-state index contributed by atoms with van der Waals surface area (Å²) in [6.45, 7) is 4.68. The molecule has 0 bridgehead atoms. The third-order valence-corrected chi connectivity index (χ3v) is 9.05. The molecule has 8 rings (SSSR count). The number of hydrogen-bond acceptors (Lipinski definition) is 0. The second-order valence-electron chi connectivity index (χ2n) is 11.8. The van der Waals surface area contributed by atoms with Crippen molar-refractivity contribution < 1.29 is 0 Å². The van der Waals surface area contributed by atoms with Crippen molar-refractivity contribution in [2.75, 3.05) is 0 Å². The van der Waals surface area contributed by atoms with Crippen LogP contribution in [0.4, 0.5) is 0 Å². The van der Waals surface area contributed by atoms with E-state index in [2.05, 4.69) is 158 Å². The first-order chi connectivity index (χ1) is 20.1. The summed E-state index contributed by atoms with van der Waals surface area (Å²) in [5, 5.41) is 2.58. The molecule has 0 saturated heterocycles. The van der Waals surface area contributed by atoms with Crippen LogP contribution in [0.25, 0.3) is 49.7 Å². The molecular formula is C40H31N. The zero-order valence-electron chi connectivity index (χ0n) is 23.4. The minimum absolute atomic E-state index is 0.0587. The fourth-order valence-corrected chi connectivity index (χ4v) is 6.93. The van der Waals surface area contributed by atoms with Gasteiger partial charge in [-0.15, -0.1) is 0 Å². The van der Waals surface area contributed by atoms with E-state index in [1.807, 2.05) is 0 Å². The maximum Gasteiger partial charge on any atom is 0.0541 e. The molecular weight excluding hydrogens is 494 g/mol. The highest BCUT2D eigenvalue weighted by Gasteiger charge is 2.34. The summed E-state index contributed by atoms with van der Waals surface area (Å²) in [7, 11) is 0. The van der Waals surface area contributed by atoms with E-state index in [1.165, 1.54) is 72.0 Å². The average molecular weight is 526 g/mol. The normalized spacial score (nSPS) is 13.4. The Bertz CT molecular complexity index is 2020. The van der Waals surface area contributed by atoms with Gasteiger partial charge in [-0.3, -0.25) is 0 Å². The first-order valence-electron chi connectivity index (χ1n) is 14.5. The van der Waals surface area contributed by atoms with Gasteiger partial charge in [-0.2, -0.15) is 0 Å². The second kappa shape index (κ2) is 9.08. The number of benzene rings is 6. The second-order valence-corrected chi connectivity index (χ2v) is 11.8. The summed E-state index contributed by atoms with van der Waals surface area (Å²) in [4.78, 5) is 0. The van der Waals surface area contributed by atoms with Crippen molar-refractivity contribution >= 4 is 21.8 Å². The van der Waals surface area contributed by atoms with Gasteiger partial charge < -0.3 is 4.57 Å². The molecule has 0 unspecified atom stereocenters. The standard InChI is InChI=1S/C40H31N/c1-40(2)36-12-6-3-9-32(36)35-26-28(17-24-37(35)40)25-27-15-18-29(19-16-27)30-20-22-31(23-21-30)41-38-13-7-4-10-33(38)34-11-5-8-14-39(34)41/h3-24,26H,25H2,1-2H3. The van der Waals surface area contributed by atoms with E-state index >= 15 is 0 Å². The van der Waals surface area contributed by atoms with E-state index in [1.54, 1.807) is 0 Å². The van der Waals surface area contributed by atoms with Crippen molar-refractivity contribution in [1.82, 2.24) is 4.57 Å².